The van der Waals surface area contributed by atoms with E-state index in [1.807, 2.05) is 60.7 Å². The molecular formula is C24H20IrN4O4. The molecule has 0 fully saturated rings. The smallest absolute Gasteiger partial charge is 0.373 e. The van der Waals surface area contributed by atoms with Crippen LogP contribution in [0, 0.1) is 13.8 Å². The number of carbonyl (C=O) groups is 2. The molecule has 0 atom stereocenters. The summed E-state index contributed by atoms with van der Waals surface area (Å²) in [4.78, 5) is 37.3. The van der Waals surface area contributed by atoms with Crippen molar-refractivity contribution in [3.8, 4) is 22.5 Å². The fourth-order valence-electron chi connectivity index (χ4n) is 2.84. The van der Waals surface area contributed by atoms with Gasteiger partial charge in [0.25, 0.3) is 0 Å². The molecule has 9 heteroatoms. The molecule has 0 saturated carbocycles. The summed E-state index contributed by atoms with van der Waals surface area (Å²) in [6, 6.07) is 22.4. The van der Waals surface area contributed by atoms with Crippen LogP contribution in [0.5, 0.6) is 0 Å². The number of hydrogen-bond acceptors (Lipinski definition) is 6. The molecule has 2 aromatic carbocycles. The molecule has 0 aliphatic heterocycles. The quantitative estimate of drug-likeness (QED) is 0.346. The van der Waals surface area contributed by atoms with E-state index in [4.69, 9.17) is 10.2 Å². The molecule has 8 nitrogen and oxygen atoms in total. The first-order valence-electron chi connectivity index (χ1n) is 9.62. The molecule has 0 saturated heterocycles. The Balaban J connectivity index is 0.000000227. The van der Waals surface area contributed by atoms with Gasteiger partial charge in [0.05, 0.1) is 11.4 Å². The second-order valence-electron chi connectivity index (χ2n) is 6.78. The average Bonchev–Trinajstić information content (AvgIpc) is 2.80. The molecular weight excluding hydrogens is 601 g/mol. The van der Waals surface area contributed by atoms with Crippen molar-refractivity contribution >= 4 is 11.9 Å². The summed E-state index contributed by atoms with van der Waals surface area (Å²) < 4.78 is 0. The molecule has 0 amide bonds. The van der Waals surface area contributed by atoms with Gasteiger partial charge < -0.3 is 10.2 Å². The van der Waals surface area contributed by atoms with Gasteiger partial charge in [-0.1, -0.05) is 60.7 Å². The largest absolute Gasteiger partial charge is 0.475 e. The van der Waals surface area contributed by atoms with Crippen molar-refractivity contribution in [1.29, 1.82) is 0 Å². The predicted octanol–water partition coefficient (Wildman–Crippen LogP) is 4.30. The average molecular weight is 621 g/mol. The number of carboxylic acid groups (broad SMARTS) is 2. The van der Waals surface area contributed by atoms with Crippen LogP contribution < -0.4 is 0 Å². The van der Waals surface area contributed by atoms with Crippen LogP contribution in [0.2, 0.25) is 0 Å². The van der Waals surface area contributed by atoms with Crippen molar-refractivity contribution in [3.05, 3.63) is 95.8 Å². The van der Waals surface area contributed by atoms with Crippen LogP contribution >= 0.6 is 0 Å². The van der Waals surface area contributed by atoms with E-state index in [0.717, 1.165) is 11.1 Å². The van der Waals surface area contributed by atoms with E-state index in [-0.39, 0.29) is 31.8 Å². The Morgan fingerprint density at radius 3 is 1.24 bits per heavy atom. The number of rotatable bonds is 4. The van der Waals surface area contributed by atoms with Gasteiger partial charge in [0.15, 0.2) is 0 Å². The maximum Gasteiger partial charge on any atom is 0.373 e. The third kappa shape index (κ3) is 7.10. The molecule has 2 N–H and O–H groups in total. The number of carboxylic acids is 2. The molecule has 2 aromatic heterocycles. The first kappa shape index (κ1) is 25.4. The van der Waals surface area contributed by atoms with Crippen LogP contribution in [-0.2, 0) is 20.1 Å². The predicted molar refractivity (Wildman–Crippen MR) is 118 cm³/mol. The minimum atomic E-state index is -1.11. The Morgan fingerprint density at radius 1 is 0.606 bits per heavy atom. The number of benzene rings is 2. The summed E-state index contributed by atoms with van der Waals surface area (Å²) >= 11 is 0. The Labute approximate surface area is 203 Å². The van der Waals surface area contributed by atoms with E-state index in [1.165, 1.54) is 0 Å². The molecule has 0 unspecified atom stereocenters. The zero-order chi connectivity index (χ0) is 23.1. The van der Waals surface area contributed by atoms with Crippen LogP contribution in [0.4, 0.5) is 0 Å². The third-order valence-electron chi connectivity index (χ3n) is 4.23. The van der Waals surface area contributed by atoms with Crippen molar-refractivity contribution in [2.24, 2.45) is 0 Å². The maximum atomic E-state index is 10.8. The molecule has 0 bridgehead atoms. The summed E-state index contributed by atoms with van der Waals surface area (Å²) in [6.45, 7) is 3.50. The van der Waals surface area contributed by atoms with Gasteiger partial charge in [-0.2, -0.15) is 0 Å². The Morgan fingerprint density at radius 2 is 0.939 bits per heavy atom. The summed E-state index contributed by atoms with van der Waals surface area (Å²) in [7, 11) is 0. The molecule has 169 valence electrons. The number of hydrogen-bond donors (Lipinski definition) is 2. The first-order chi connectivity index (χ1) is 15.3. The van der Waals surface area contributed by atoms with E-state index in [9.17, 15) is 9.59 Å². The minimum absolute atomic E-state index is 0. The van der Waals surface area contributed by atoms with Crippen molar-refractivity contribution < 1.29 is 39.9 Å². The Bertz CT molecular complexity index is 1150. The zero-order valence-electron chi connectivity index (χ0n) is 17.8. The molecule has 4 aromatic rings. The molecule has 0 aliphatic rings. The van der Waals surface area contributed by atoms with Crippen LogP contribution in [0.15, 0.2) is 72.8 Å². The molecule has 0 spiro atoms. The number of nitrogens with zero attached hydrogens (tertiary/aromatic N) is 4. The van der Waals surface area contributed by atoms with Gasteiger partial charge in [0.1, 0.15) is 0 Å². The summed E-state index contributed by atoms with van der Waals surface area (Å²) in [6.07, 6.45) is 0. The minimum Gasteiger partial charge on any atom is -0.475 e. The van der Waals surface area contributed by atoms with Gasteiger partial charge in [-0.15, -0.1) is 0 Å². The number of aryl methyl sites for hydroxylation is 2. The summed E-state index contributed by atoms with van der Waals surface area (Å²) in [5.41, 5.74) is 4.32. The molecule has 33 heavy (non-hydrogen) atoms. The fourth-order valence-corrected chi connectivity index (χ4v) is 2.84. The number of aromatic carboxylic acids is 2. The van der Waals surface area contributed by atoms with Crippen molar-refractivity contribution in [1.82, 2.24) is 19.9 Å². The van der Waals surface area contributed by atoms with Gasteiger partial charge in [-0.25, -0.2) is 29.5 Å². The molecule has 1 radical (unpaired) electrons. The van der Waals surface area contributed by atoms with Gasteiger partial charge >= 0.3 is 11.9 Å². The standard InChI is InChI=1S/2C12H10N2O2.Ir/c2*1-8-7-10(9-5-3-2-4-6-9)14-11(13-8)12(15)16;/h2*2-7H,1H3,(H,15,16);. The Hall–Kier alpha value is -3.81. The number of aromatic nitrogens is 4. The van der Waals surface area contributed by atoms with Crippen molar-refractivity contribution in [2.45, 2.75) is 13.8 Å². The molecule has 0 aliphatic carbocycles. The monoisotopic (exact) mass is 621 g/mol. The normalized spacial score (nSPS) is 9.76. The van der Waals surface area contributed by atoms with E-state index in [2.05, 4.69) is 19.9 Å². The van der Waals surface area contributed by atoms with Crippen molar-refractivity contribution in [2.75, 3.05) is 0 Å². The second-order valence-corrected chi connectivity index (χ2v) is 6.78. The molecule has 4 rings (SSSR count). The first-order valence-corrected chi connectivity index (χ1v) is 9.62. The van der Waals surface area contributed by atoms with E-state index >= 15 is 0 Å². The molecule has 2 heterocycles. The second kappa shape index (κ2) is 11.7. The topological polar surface area (TPSA) is 126 Å². The van der Waals surface area contributed by atoms with E-state index < -0.39 is 11.9 Å². The van der Waals surface area contributed by atoms with Crippen LogP contribution in [0.1, 0.15) is 32.6 Å². The van der Waals surface area contributed by atoms with Gasteiger partial charge in [-0.3, -0.25) is 0 Å². The summed E-state index contributed by atoms with van der Waals surface area (Å²) in [5, 5.41) is 17.7. The Kier molecular flexibility index (Phi) is 9.03. The van der Waals surface area contributed by atoms with Crippen LogP contribution in [0.3, 0.4) is 0 Å². The van der Waals surface area contributed by atoms with Gasteiger partial charge in [0, 0.05) is 42.6 Å². The van der Waals surface area contributed by atoms with E-state index in [0.29, 0.717) is 22.8 Å². The van der Waals surface area contributed by atoms with Gasteiger partial charge in [-0.05, 0) is 26.0 Å². The fraction of sp³-hybridized carbons (Fsp3) is 0.0833. The zero-order valence-corrected chi connectivity index (χ0v) is 20.2. The van der Waals surface area contributed by atoms with Crippen LogP contribution in [0.25, 0.3) is 22.5 Å². The van der Waals surface area contributed by atoms with Crippen molar-refractivity contribution in [3.63, 3.8) is 0 Å². The third-order valence-corrected chi connectivity index (χ3v) is 4.23. The SMILES string of the molecule is Cc1cc(-c2ccccc2)nc(C(=O)O)n1.Cc1cc(-c2ccccc2)nc(C(=O)O)n1.[Ir]. The van der Waals surface area contributed by atoms with E-state index in [1.54, 1.807) is 26.0 Å². The van der Waals surface area contributed by atoms with Gasteiger partial charge in [0.2, 0.25) is 11.6 Å². The van der Waals surface area contributed by atoms with Crippen LogP contribution in [-0.4, -0.2) is 42.1 Å². The maximum absolute atomic E-state index is 10.8. The summed E-state index contributed by atoms with van der Waals surface area (Å²) in [5.74, 6) is -2.56.